The maximum Gasteiger partial charge on any atom is 0.276 e. The van der Waals surface area contributed by atoms with Crippen LogP contribution in [-0.2, 0) is 0 Å². The van der Waals surface area contributed by atoms with E-state index in [1.54, 1.807) is 6.92 Å². The average molecular weight is 234 g/mol. The number of hydrogen-bond acceptors (Lipinski definition) is 3. The lowest BCUT2D eigenvalue weighted by Crippen LogP contribution is -2.19. The van der Waals surface area contributed by atoms with Crippen molar-refractivity contribution in [3.63, 3.8) is 0 Å². The predicted molar refractivity (Wildman–Crippen MR) is 60.4 cm³/mol. The van der Waals surface area contributed by atoms with Gasteiger partial charge in [-0.25, -0.2) is 9.87 Å². The van der Waals surface area contributed by atoms with Crippen molar-refractivity contribution in [2.24, 2.45) is 0 Å². The summed E-state index contributed by atoms with van der Waals surface area (Å²) in [5.41, 5.74) is 3.46. The van der Waals surface area contributed by atoms with Crippen molar-refractivity contribution in [3.05, 3.63) is 40.8 Å². The smallest absolute Gasteiger partial charge is 0.276 e. The van der Waals surface area contributed by atoms with Crippen LogP contribution in [0.2, 0.25) is 0 Å². The van der Waals surface area contributed by atoms with Gasteiger partial charge in [0, 0.05) is 11.1 Å². The van der Waals surface area contributed by atoms with Crippen molar-refractivity contribution in [2.45, 2.75) is 13.8 Å². The van der Waals surface area contributed by atoms with Crippen LogP contribution < -0.4 is 5.48 Å². The zero-order valence-corrected chi connectivity index (χ0v) is 9.41. The van der Waals surface area contributed by atoms with Gasteiger partial charge in [-0.1, -0.05) is 0 Å². The number of pyridine rings is 1. The Morgan fingerprint density at radius 2 is 2.06 bits per heavy atom. The number of halogens is 1. The number of aryl methyl sites for hydroxylation is 2. The minimum atomic E-state index is -0.771. The summed E-state index contributed by atoms with van der Waals surface area (Å²) in [7, 11) is 0. The van der Waals surface area contributed by atoms with Gasteiger partial charge < -0.3 is 0 Å². The van der Waals surface area contributed by atoms with E-state index >= 15 is 0 Å². The monoisotopic (exact) mass is 234 g/mol. The highest BCUT2D eigenvalue weighted by Gasteiger charge is 2.14. The number of amides is 1. The Hall–Kier alpha value is -2.01. The van der Waals surface area contributed by atoms with Crippen molar-refractivity contribution >= 4 is 16.8 Å². The van der Waals surface area contributed by atoms with Crippen LogP contribution in [-0.4, -0.2) is 16.1 Å². The van der Waals surface area contributed by atoms with Gasteiger partial charge in [-0.05, 0) is 37.6 Å². The van der Waals surface area contributed by atoms with E-state index in [0.717, 1.165) is 17.3 Å². The Bertz CT molecular complexity index is 611. The summed E-state index contributed by atoms with van der Waals surface area (Å²) >= 11 is 0. The van der Waals surface area contributed by atoms with Gasteiger partial charge in [0.25, 0.3) is 5.91 Å². The average Bonchev–Trinajstić information content (AvgIpc) is 2.28. The minimum Gasteiger partial charge on any atom is -0.288 e. The molecule has 1 amide bonds. The molecule has 2 N–H and O–H groups in total. The van der Waals surface area contributed by atoms with Gasteiger partial charge in [0.15, 0.2) is 0 Å². The maximum atomic E-state index is 13.4. The van der Waals surface area contributed by atoms with E-state index in [4.69, 9.17) is 5.21 Å². The van der Waals surface area contributed by atoms with E-state index < -0.39 is 11.7 Å². The standard InChI is InChI=1S/C12H11FN2O2/c1-6-3-7(2)14-11-9(6)4-8(13)5-10(11)12(16)15-17/h3-5,17H,1-2H3,(H,15,16). The zero-order valence-electron chi connectivity index (χ0n) is 9.41. The van der Waals surface area contributed by atoms with E-state index in [-0.39, 0.29) is 5.56 Å². The van der Waals surface area contributed by atoms with Gasteiger partial charge >= 0.3 is 0 Å². The molecule has 17 heavy (non-hydrogen) atoms. The highest BCUT2D eigenvalue weighted by atomic mass is 19.1. The fraction of sp³-hybridized carbons (Fsp3) is 0.167. The summed E-state index contributed by atoms with van der Waals surface area (Å²) in [4.78, 5) is 15.6. The van der Waals surface area contributed by atoms with Gasteiger partial charge in [-0.3, -0.25) is 15.0 Å². The first kappa shape index (κ1) is 11.5. The number of carbonyl (C=O) groups is 1. The molecule has 1 heterocycles. The summed E-state index contributed by atoms with van der Waals surface area (Å²) in [5.74, 6) is -1.31. The Labute approximate surface area is 97.1 Å². The van der Waals surface area contributed by atoms with Crippen LogP contribution in [0.25, 0.3) is 10.9 Å². The fourth-order valence-electron chi connectivity index (χ4n) is 1.85. The van der Waals surface area contributed by atoms with Crippen LogP contribution in [0.5, 0.6) is 0 Å². The van der Waals surface area contributed by atoms with Gasteiger partial charge in [0.2, 0.25) is 0 Å². The molecule has 0 aliphatic carbocycles. The SMILES string of the molecule is Cc1cc(C)c2cc(F)cc(C(=O)NO)c2n1. The third-order valence-corrected chi connectivity index (χ3v) is 2.56. The summed E-state index contributed by atoms with van der Waals surface area (Å²) in [5, 5.41) is 9.19. The summed E-state index contributed by atoms with van der Waals surface area (Å²) < 4.78 is 13.4. The highest BCUT2D eigenvalue weighted by Crippen LogP contribution is 2.22. The number of hydroxylamine groups is 1. The third kappa shape index (κ3) is 1.97. The predicted octanol–water partition coefficient (Wildman–Crippen LogP) is 2.11. The summed E-state index contributed by atoms with van der Waals surface area (Å²) in [6.07, 6.45) is 0. The number of fused-ring (bicyclic) bond motifs is 1. The summed E-state index contributed by atoms with van der Waals surface area (Å²) in [6, 6.07) is 4.19. The van der Waals surface area contributed by atoms with Crippen LogP contribution in [0.3, 0.4) is 0 Å². The van der Waals surface area contributed by atoms with Crippen molar-refractivity contribution in [1.29, 1.82) is 0 Å². The van der Waals surface area contributed by atoms with Crippen molar-refractivity contribution in [2.75, 3.05) is 0 Å². The lowest BCUT2D eigenvalue weighted by atomic mass is 10.0. The molecule has 0 aliphatic rings. The van der Waals surface area contributed by atoms with Crippen molar-refractivity contribution in [1.82, 2.24) is 10.5 Å². The second kappa shape index (κ2) is 4.10. The van der Waals surface area contributed by atoms with E-state index in [9.17, 15) is 9.18 Å². The zero-order chi connectivity index (χ0) is 12.6. The number of rotatable bonds is 1. The van der Waals surface area contributed by atoms with Crippen molar-refractivity contribution in [3.8, 4) is 0 Å². The van der Waals surface area contributed by atoms with Gasteiger partial charge in [0.05, 0.1) is 11.1 Å². The number of carbonyl (C=O) groups excluding carboxylic acids is 1. The molecule has 2 aromatic rings. The molecule has 0 bridgehead atoms. The number of nitrogens with zero attached hydrogens (tertiary/aromatic N) is 1. The normalized spacial score (nSPS) is 10.6. The summed E-state index contributed by atoms with van der Waals surface area (Å²) in [6.45, 7) is 3.60. The van der Waals surface area contributed by atoms with Crippen LogP contribution in [0.1, 0.15) is 21.6 Å². The molecule has 2 rings (SSSR count). The van der Waals surface area contributed by atoms with Crippen LogP contribution in [0.15, 0.2) is 18.2 Å². The second-order valence-corrected chi connectivity index (χ2v) is 3.87. The lowest BCUT2D eigenvalue weighted by molar-refractivity contribution is 0.0707. The Balaban J connectivity index is 2.87. The minimum absolute atomic E-state index is 0.0225. The highest BCUT2D eigenvalue weighted by molar-refractivity contribution is 6.05. The largest absolute Gasteiger partial charge is 0.288 e. The molecule has 1 aromatic heterocycles. The number of benzene rings is 1. The Morgan fingerprint density at radius 3 is 2.71 bits per heavy atom. The van der Waals surface area contributed by atoms with Crippen LogP contribution >= 0.6 is 0 Å². The number of aromatic nitrogens is 1. The first-order valence-electron chi connectivity index (χ1n) is 5.05. The first-order chi connectivity index (χ1) is 8.02. The van der Waals surface area contributed by atoms with Gasteiger partial charge in [-0.2, -0.15) is 0 Å². The molecule has 0 aliphatic heterocycles. The number of hydrogen-bond donors (Lipinski definition) is 2. The Morgan fingerprint density at radius 1 is 1.35 bits per heavy atom. The molecule has 0 saturated carbocycles. The Kier molecular flexibility index (Phi) is 2.77. The van der Waals surface area contributed by atoms with Gasteiger partial charge in [-0.15, -0.1) is 0 Å². The molecule has 0 spiro atoms. The maximum absolute atomic E-state index is 13.4. The molecular formula is C12H11FN2O2. The van der Waals surface area contributed by atoms with Crippen LogP contribution in [0.4, 0.5) is 4.39 Å². The molecule has 1 aromatic carbocycles. The first-order valence-corrected chi connectivity index (χ1v) is 5.05. The molecule has 0 radical (unpaired) electrons. The topological polar surface area (TPSA) is 62.2 Å². The molecule has 0 unspecified atom stereocenters. The lowest BCUT2D eigenvalue weighted by Gasteiger charge is -2.08. The molecule has 5 heteroatoms. The molecule has 4 nitrogen and oxygen atoms in total. The number of nitrogens with one attached hydrogen (secondary N) is 1. The van der Waals surface area contributed by atoms with E-state index in [2.05, 4.69) is 4.98 Å². The fourth-order valence-corrected chi connectivity index (χ4v) is 1.85. The molecule has 88 valence electrons. The molecular weight excluding hydrogens is 223 g/mol. The van der Waals surface area contributed by atoms with Gasteiger partial charge in [0.1, 0.15) is 5.82 Å². The quantitative estimate of drug-likeness (QED) is 0.586. The van der Waals surface area contributed by atoms with E-state index in [0.29, 0.717) is 10.9 Å². The van der Waals surface area contributed by atoms with E-state index in [1.165, 1.54) is 11.5 Å². The third-order valence-electron chi connectivity index (χ3n) is 2.56. The molecule has 0 atom stereocenters. The molecule has 0 fully saturated rings. The van der Waals surface area contributed by atoms with Crippen LogP contribution in [0, 0.1) is 19.7 Å². The van der Waals surface area contributed by atoms with E-state index in [1.807, 2.05) is 13.0 Å². The van der Waals surface area contributed by atoms with Crippen molar-refractivity contribution < 1.29 is 14.4 Å². The second-order valence-electron chi connectivity index (χ2n) is 3.87. The molecule has 0 saturated heterocycles.